The van der Waals surface area contributed by atoms with Crippen LogP contribution in [0.2, 0.25) is 0 Å². The number of nitrogens with one attached hydrogen (secondary N) is 2. The van der Waals surface area contributed by atoms with Crippen LogP contribution in [0, 0.1) is 20.8 Å². The van der Waals surface area contributed by atoms with Crippen LogP contribution in [0.5, 0.6) is 0 Å². The molecule has 0 fully saturated rings. The van der Waals surface area contributed by atoms with E-state index in [2.05, 4.69) is 10.3 Å². The molecule has 0 aliphatic carbocycles. The number of carbonyl (C=O) groups excluding carboxylic acids is 2. The van der Waals surface area contributed by atoms with Crippen LogP contribution in [0.15, 0.2) is 48.5 Å². The molecule has 2 N–H and O–H groups in total. The molecule has 0 saturated carbocycles. The molecule has 29 heavy (non-hydrogen) atoms. The summed E-state index contributed by atoms with van der Waals surface area (Å²) in [6.45, 7) is 8.46. The lowest BCUT2D eigenvalue weighted by atomic mass is 10.00. The van der Waals surface area contributed by atoms with Gasteiger partial charge in [0.15, 0.2) is 0 Å². The number of aromatic nitrogens is 1. The Morgan fingerprint density at radius 3 is 2.34 bits per heavy atom. The van der Waals surface area contributed by atoms with Gasteiger partial charge in [-0.15, -0.1) is 0 Å². The Kier molecular flexibility index (Phi) is 6.17. The van der Waals surface area contributed by atoms with Crippen LogP contribution < -0.4 is 5.32 Å². The van der Waals surface area contributed by atoms with Gasteiger partial charge in [0.2, 0.25) is 0 Å². The number of aromatic amines is 1. The molecule has 0 saturated heterocycles. The minimum absolute atomic E-state index is 0.116. The molecule has 1 aromatic heterocycles. The summed E-state index contributed by atoms with van der Waals surface area (Å²) in [5.41, 5.74) is 6.96. The van der Waals surface area contributed by atoms with Crippen LogP contribution in [0.25, 0.3) is 11.1 Å². The molecule has 0 spiro atoms. The Balaban J connectivity index is 1.76. The van der Waals surface area contributed by atoms with Crippen molar-refractivity contribution in [3.8, 4) is 11.1 Å². The topological polar surface area (TPSA) is 71.2 Å². The average molecular weight is 390 g/mol. The maximum atomic E-state index is 12.5. The number of aryl methyl sites for hydroxylation is 2. The van der Waals surface area contributed by atoms with Gasteiger partial charge in [-0.25, -0.2) is 4.79 Å². The smallest absolute Gasteiger partial charge is 0.355 e. The van der Waals surface area contributed by atoms with Crippen molar-refractivity contribution in [2.75, 3.05) is 6.61 Å². The van der Waals surface area contributed by atoms with Crippen molar-refractivity contribution in [1.82, 2.24) is 10.3 Å². The number of H-pyrrole nitrogens is 1. The van der Waals surface area contributed by atoms with Gasteiger partial charge in [0.25, 0.3) is 5.91 Å². The molecule has 0 atom stereocenters. The van der Waals surface area contributed by atoms with Crippen LogP contribution >= 0.6 is 0 Å². The van der Waals surface area contributed by atoms with Gasteiger partial charge in [-0.3, -0.25) is 4.79 Å². The zero-order valence-corrected chi connectivity index (χ0v) is 17.3. The molecule has 3 aromatic rings. The summed E-state index contributed by atoms with van der Waals surface area (Å²) in [7, 11) is 0. The minimum atomic E-state index is -0.355. The maximum Gasteiger partial charge on any atom is 0.355 e. The van der Waals surface area contributed by atoms with Crippen molar-refractivity contribution in [3.05, 3.63) is 82.2 Å². The SMILES string of the molecule is CCOC(=O)c1[nH]c(C)c(-c2ccc(C(=O)NCc3ccccc3C)cc2)c1C. The van der Waals surface area contributed by atoms with E-state index in [-0.39, 0.29) is 11.9 Å². The molecular weight excluding hydrogens is 364 g/mol. The molecule has 0 aliphatic rings. The molecule has 0 radical (unpaired) electrons. The lowest BCUT2D eigenvalue weighted by molar-refractivity contribution is 0.0519. The van der Waals surface area contributed by atoms with Crippen molar-refractivity contribution in [2.24, 2.45) is 0 Å². The first-order valence-electron chi connectivity index (χ1n) is 9.71. The molecular formula is C24H26N2O3. The number of rotatable bonds is 6. The summed E-state index contributed by atoms with van der Waals surface area (Å²) in [6.07, 6.45) is 0. The van der Waals surface area contributed by atoms with Crippen molar-refractivity contribution < 1.29 is 14.3 Å². The van der Waals surface area contributed by atoms with E-state index in [1.165, 1.54) is 0 Å². The molecule has 0 bridgehead atoms. The fraction of sp³-hybridized carbons (Fsp3) is 0.250. The minimum Gasteiger partial charge on any atom is -0.461 e. The number of amides is 1. The van der Waals surface area contributed by atoms with Gasteiger partial charge in [0, 0.05) is 23.4 Å². The highest BCUT2D eigenvalue weighted by atomic mass is 16.5. The number of benzene rings is 2. The van der Waals surface area contributed by atoms with Gasteiger partial charge in [-0.2, -0.15) is 0 Å². The van der Waals surface area contributed by atoms with Crippen LogP contribution in [0.1, 0.15) is 50.2 Å². The second-order valence-electron chi connectivity index (χ2n) is 7.03. The Morgan fingerprint density at radius 1 is 1.00 bits per heavy atom. The molecule has 0 unspecified atom stereocenters. The number of esters is 1. The molecule has 3 rings (SSSR count). The van der Waals surface area contributed by atoms with Gasteiger partial charge >= 0.3 is 5.97 Å². The zero-order valence-electron chi connectivity index (χ0n) is 17.3. The fourth-order valence-electron chi connectivity index (χ4n) is 3.46. The Morgan fingerprint density at radius 2 is 1.69 bits per heavy atom. The summed E-state index contributed by atoms with van der Waals surface area (Å²) in [5.74, 6) is -0.471. The third-order valence-corrected chi connectivity index (χ3v) is 5.05. The highest BCUT2D eigenvalue weighted by Crippen LogP contribution is 2.30. The first-order chi connectivity index (χ1) is 13.9. The number of hydrogen-bond donors (Lipinski definition) is 2. The molecule has 0 aliphatic heterocycles. The van der Waals surface area contributed by atoms with E-state index >= 15 is 0 Å². The van der Waals surface area contributed by atoms with Gasteiger partial charge < -0.3 is 15.0 Å². The highest BCUT2D eigenvalue weighted by molar-refractivity contribution is 5.95. The normalized spacial score (nSPS) is 10.6. The van der Waals surface area contributed by atoms with Crippen LogP contribution in [-0.4, -0.2) is 23.5 Å². The fourth-order valence-corrected chi connectivity index (χ4v) is 3.46. The standard InChI is InChI=1S/C24H26N2O3/c1-5-29-24(28)22-16(3)21(17(4)26-22)18-10-12-19(13-11-18)23(27)25-14-20-9-7-6-8-15(20)2/h6-13,26H,5,14H2,1-4H3,(H,25,27). The summed E-state index contributed by atoms with van der Waals surface area (Å²) in [4.78, 5) is 27.7. The van der Waals surface area contributed by atoms with Crippen LogP contribution in [-0.2, 0) is 11.3 Å². The molecule has 150 valence electrons. The maximum absolute atomic E-state index is 12.5. The molecule has 5 heteroatoms. The van der Waals surface area contributed by atoms with E-state index in [1.54, 1.807) is 19.1 Å². The van der Waals surface area contributed by atoms with Crippen molar-refractivity contribution in [2.45, 2.75) is 34.2 Å². The van der Waals surface area contributed by atoms with E-state index in [4.69, 9.17) is 4.74 Å². The number of carbonyl (C=O) groups is 2. The number of ether oxygens (including phenoxy) is 1. The molecule has 2 aromatic carbocycles. The van der Waals surface area contributed by atoms with E-state index in [9.17, 15) is 9.59 Å². The van der Waals surface area contributed by atoms with Crippen LogP contribution in [0.4, 0.5) is 0 Å². The second kappa shape index (κ2) is 8.78. The average Bonchev–Trinajstić information content (AvgIpc) is 3.01. The molecule has 1 heterocycles. The predicted octanol–water partition coefficient (Wildman–Crippen LogP) is 4.71. The summed E-state index contributed by atoms with van der Waals surface area (Å²) >= 11 is 0. The Hall–Kier alpha value is -3.34. The molecule has 5 nitrogen and oxygen atoms in total. The first-order valence-corrected chi connectivity index (χ1v) is 9.71. The van der Waals surface area contributed by atoms with Gasteiger partial charge in [-0.05, 0) is 62.1 Å². The lowest BCUT2D eigenvalue weighted by Crippen LogP contribution is -2.23. The van der Waals surface area contributed by atoms with E-state index in [1.807, 2.05) is 57.2 Å². The third kappa shape index (κ3) is 4.40. The van der Waals surface area contributed by atoms with Crippen molar-refractivity contribution in [3.63, 3.8) is 0 Å². The van der Waals surface area contributed by atoms with E-state index in [0.717, 1.165) is 33.5 Å². The van der Waals surface area contributed by atoms with Gasteiger partial charge in [-0.1, -0.05) is 36.4 Å². The summed E-state index contributed by atoms with van der Waals surface area (Å²) in [6, 6.07) is 15.4. The van der Waals surface area contributed by atoms with Crippen molar-refractivity contribution >= 4 is 11.9 Å². The largest absolute Gasteiger partial charge is 0.461 e. The van der Waals surface area contributed by atoms with E-state index in [0.29, 0.717) is 24.4 Å². The monoisotopic (exact) mass is 390 g/mol. The Bertz CT molecular complexity index is 1030. The second-order valence-corrected chi connectivity index (χ2v) is 7.03. The van der Waals surface area contributed by atoms with Gasteiger partial charge in [0.05, 0.1) is 6.61 Å². The zero-order chi connectivity index (χ0) is 21.0. The summed E-state index contributed by atoms with van der Waals surface area (Å²) < 4.78 is 5.11. The quantitative estimate of drug-likeness (QED) is 0.599. The van der Waals surface area contributed by atoms with Gasteiger partial charge in [0.1, 0.15) is 5.69 Å². The van der Waals surface area contributed by atoms with Crippen LogP contribution in [0.3, 0.4) is 0 Å². The highest BCUT2D eigenvalue weighted by Gasteiger charge is 2.19. The van der Waals surface area contributed by atoms with Crippen molar-refractivity contribution in [1.29, 1.82) is 0 Å². The Labute approximate surface area is 171 Å². The predicted molar refractivity (Wildman–Crippen MR) is 114 cm³/mol. The lowest BCUT2D eigenvalue weighted by Gasteiger charge is -2.09. The molecule has 1 amide bonds. The third-order valence-electron chi connectivity index (χ3n) is 5.05. The summed E-state index contributed by atoms with van der Waals surface area (Å²) in [5, 5.41) is 2.96. The number of hydrogen-bond acceptors (Lipinski definition) is 3. The van der Waals surface area contributed by atoms with E-state index < -0.39 is 0 Å². The first kappa shape index (κ1) is 20.4.